The van der Waals surface area contributed by atoms with Crippen LogP contribution in [-0.2, 0) is 4.74 Å². The Morgan fingerprint density at radius 1 is 1.58 bits per heavy atom. The predicted molar refractivity (Wildman–Crippen MR) is 75.0 cm³/mol. The molecule has 110 valence electrons. The van der Waals surface area contributed by atoms with E-state index < -0.39 is 0 Å². The van der Waals surface area contributed by atoms with E-state index in [-0.39, 0.29) is 24.1 Å². The van der Waals surface area contributed by atoms with Crippen LogP contribution in [0, 0.1) is 5.41 Å². The minimum Gasteiger partial charge on any atom is -0.396 e. The van der Waals surface area contributed by atoms with Gasteiger partial charge in [-0.15, -0.1) is 6.58 Å². The minimum atomic E-state index is -0.183. The summed E-state index contributed by atoms with van der Waals surface area (Å²) < 4.78 is 5.30. The average molecular weight is 270 g/mol. The summed E-state index contributed by atoms with van der Waals surface area (Å²) >= 11 is 0. The summed E-state index contributed by atoms with van der Waals surface area (Å²) in [6.45, 7) is 7.37. The van der Waals surface area contributed by atoms with Crippen LogP contribution in [0.5, 0.6) is 0 Å². The zero-order chi connectivity index (χ0) is 14.1. The van der Waals surface area contributed by atoms with Gasteiger partial charge in [-0.05, 0) is 19.3 Å². The van der Waals surface area contributed by atoms with E-state index in [1.807, 2.05) is 6.92 Å². The number of urea groups is 1. The van der Waals surface area contributed by atoms with Crippen LogP contribution in [0.4, 0.5) is 4.79 Å². The number of carbonyl (C=O) groups excluding carboxylic acids is 1. The smallest absolute Gasteiger partial charge is 0.315 e. The first-order valence-corrected chi connectivity index (χ1v) is 6.96. The second-order valence-electron chi connectivity index (χ2n) is 5.35. The van der Waals surface area contributed by atoms with Crippen LogP contribution in [0.2, 0.25) is 0 Å². The fourth-order valence-corrected chi connectivity index (χ4v) is 2.38. The van der Waals surface area contributed by atoms with E-state index in [0.29, 0.717) is 19.8 Å². The Hall–Kier alpha value is -1.07. The van der Waals surface area contributed by atoms with Crippen molar-refractivity contribution in [3.63, 3.8) is 0 Å². The van der Waals surface area contributed by atoms with Crippen LogP contribution in [0.25, 0.3) is 0 Å². The fraction of sp³-hybridized carbons (Fsp3) is 0.786. The van der Waals surface area contributed by atoms with Crippen LogP contribution >= 0.6 is 0 Å². The zero-order valence-corrected chi connectivity index (χ0v) is 11.8. The summed E-state index contributed by atoms with van der Waals surface area (Å²) in [5.74, 6) is 0. The summed E-state index contributed by atoms with van der Waals surface area (Å²) in [5.41, 5.74) is -0.183. The number of hydrogen-bond acceptors (Lipinski definition) is 3. The Balaban J connectivity index is 2.15. The second kappa shape index (κ2) is 8.17. The monoisotopic (exact) mass is 270 g/mol. The summed E-state index contributed by atoms with van der Waals surface area (Å²) in [6, 6.07) is -0.127. The van der Waals surface area contributed by atoms with Crippen molar-refractivity contribution in [3.8, 4) is 0 Å². The highest BCUT2D eigenvalue weighted by Crippen LogP contribution is 2.37. The van der Waals surface area contributed by atoms with Crippen molar-refractivity contribution in [3.05, 3.63) is 12.7 Å². The number of nitrogens with one attached hydrogen (secondary N) is 2. The fourth-order valence-electron chi connectivity index (χ4n) is 2.38. The summed E-state index contributed by atoms with van der Waals surface area (Å²) in [7, 11) is 0. The average Bonchev–Trinajstić information content (AvgIpc) is 2.76. The highest BCUT2D eigenvalue weighted by molar-refractivity contribution is 5.74. The standard InChI is InChI=1S/C14H26N2O3/c1-3-4-9-19-10-8-15-13(18)16-12-6-5-7-14(12,2)11-17/h3,12,17H,1,4-11H2,2H3,(H2,15,16,18). The van der Waals surface area contributed by atoms with Gasteiger partial charge in [0.25, 0.3) is 0 Å². The summed E-state index contributed by atoms with van der Waals surface area (Å²) in [4.78, 5) is 11.7. The molecule has 1 rings (SSSR count). The summed E-state index contributed by atoms with van der Waals surface area (Å²) in [5, 5.41) is 15.1. The van der Waals surface area contributed by atoms with Gasteiger partial charge in [-0.2, -0.15) is 0 Å². The molecule has 1 aliphatic rings. The Bertz CT molecular complexity index is 296. The number of carbonyl (C=O) groups is 1. The lowest BCUT2D eigenvalue weighted by Gasteiger charge is -2.30. The third-order valence-corrected chi connectivity index (χ3v) is 3.75. The van der Waals surface area contributed by atoms with Gasteiger partial charge in [0, 0.05) is 18.0 Å². The Labute approximate surface area is 115 Å². The van der Waals surface area contributed by atoms with E-state index in [1.165, 1.54) is 0 Å². The maximum atomic E-state index is 11.7. The first-order valence-electron chi connectivity index (χ1n) is 6.96. The zero-order valence-electron chi connectivity index (χ0n) is 11.8. The normalized spacial score (nSPS) is 26.1. The van der Waals surface area contributed by atoms with Crippen molar-refractivity contribution in [1.82, 2.24) is 10.6 Å². The van der Waals surface area contributed by atoms with E-state index in [1.54, 1.807) is 6.08 Å². The van der Waals surface area contributed by atoms with Gasteiger partial charge in [-0.1, -0.05) is 19.4 Å². The van der Waals surface area contributed by atoms with Gasteiger partial charge in [0.2, 0.25) is 0 Å². The van der Waals surface area contributed by atoms with E-state index in [9.17, 15) is 9.90 Å². The lowest BCUT2D eigenvalue weighted by molar-refractivity contribution is 0.119. The van der Waals surface area contributed by atoms with Crippen molar-refractivity contribution in [2.24, 2.45) is 5.41 Å². The molecule has 0 aromatic heterocycles. The molecule has 5 nitrogen and oxygen atoms in total. The van der Waals surface area contributed by atoms with Gasteiger partial charge in [0.05, 0.1) is 19.8 Å². The van der Waals surface area contributed by atoms with Crippen molar-refractivity contribution in [1.29, 1.82) is 0 Å². The van der Waals surface area contributed by atoms with E-state index in [0.717, 1.165) is 25.7 Å². The van der Waals surface area contributed by atoms with Crippen molar-refractivity contribution in [2.45, 2.75) is 38.6 Å². The summed E-state index contributed by atoms with van der Waals surface area (Å²) in [6.07, 6.45) is 5.56. The van der Waals surface area contributed by atoms with Gasteiger partial charge >= 0.3 is 6.03 Å². The maximum absolute atomic E-state index is 11.7. The molecule has 1 fully saturated rings. The maximum Gasteiger partial charge on any atom is 0.315 e. The lowest BCUT2D eigenvalue weighted by atomic mass is 9.86. The van der Waals surface area contributed by atoms with E-state index in [4.69, 9.17) is 4.74 Å². The number of aliphatic hydroxyl groups excluding tert-OH is 1. The van der Waals surface area contributed by atoms with E-state index in [2.05, 4.69) is 17.2 Å². The first-order chi connectivity index (χ1) is 9.12. The third-order valence-electron chi connectivity index (χ3n) is 3.75. The van der Waals surface area contributed by atoms with Gasteiger partial charge in [0.1, 0.15) is 0 Å². The lowest BCUT2D eigenvalue weighted by Crippen LogP contribution is -2.49. The van der Waals surface area contributed by atoms with Crippen LogP contribution in [-0.4, -0.2) is 43.5 Å². The third kappa shape index (κ3) is 5.20. The first kappa shape index (κ1) is 16.0. The van der Waals surface area contributed by atoms with Crippen LogP contribution in [0.3, 0.4) is 0 Å². The second-order valence-corrected chi connectivity index (χ2v) is 5.35. The number of amides is 2. The van der Waals surface area contributed by atoms with Crippen LogP contribution < -0.4 is 10.6 Å². The molecule has 2 unspecified atom stereocenters. The highest BCUT2D eigenvalue weighted by atomic mass is 16.5. The molecule has 0 spiro atoms. The molecular weight excluding hydrogens is 244 g/mol. The molecule has 0 aliphatic heterocycles. The molecule has 0 radical (unpaired) electrons. The van der Waals surface area contributed by atoms with Crippen molar-refractivity contribution in [2.75, 3.05) is 26.4 Å². The number of ether oxygens (including phenoxy) is 1. The Morgan fingerprint density at radius 3 is 3.05 bits per heavy atom. The molecule has 0 aromatic carbocycles. The molecule has 19 heavy (non-hydrogen) atoms. The molecule has 5 heteroatoms. The molecule has 3 N–H and O–H groups in total. The van der Waals surface area contributed by atoms with Crippen LogP contribution in [0.15, 0.2) is 12.7 Å². The van der Waals surface area contributed by atoms with Crippen molar-refractivity contribution >= 4 is 6.03 Å². The molecule has 0 aromatic rings. The molecule has 2 amide bonds. The molecule has 2 atom stereocenters. The number of aliphatic hydroxyl groups is 1. The molecule has 0 bridgehead atoms. The van der Waals surface area contributed by atoms with Crippen molar-refractivity contribution < 1.29 is 14.6 Å². The van der Waals surface area contributed by atoms with Gasteiger partial charge in [-0.3, -0.25) is 0 Å². The Kier molecular flexibility index (Phi) is 6.87. The number of hydrogen-bond donors (Lipinski definition) is 3. The number of rotatable bonds is 8. The molecule has 0 heterocycles. The molecule has 0 saturated heterocycles. The van der Waals surface area contributed by atoms with Gasteiger partial charge in [0.15, 0.2) is 0 Å². The van der Waals surface area contributed by atoms with Gasteiger partial charge < -0.3 is 20.5 Å². The van der Waals surface area contributed by atoms with E-state index >= 15 is 0 Å². The quantitative estimate of drug-likeness (QED) is 0.461. The molecular formula is C14H26N2O3. The van der Waals surface area contributed by atoms with Crippen LogP contribution in [0.1, 0.15) is 32.6 Å². The Morgan fingerprint density at radius 2 is 2.37 bits per heavy atom. The molecule has 1 aliphatic carbocycles. The predicted octanol–water partition coefficient (Wildman–Crippen LogP) is 1.43. The topological polar surface area (TPSA) is 70.6 Å². The highest BCUT2D eigenvalue weighted by Gasteiger charge is 2.38. The molecule has 1 saturated carbocycles. The largest absolute Gasteiger partial charge is 0.396 e. The minimum absolute atomic E-state index is 0.0548. The SMILES string of the molecule is C=CCCOCCNC(=O)NC1CCCC1(C)CO. The van der Waals surface area contributed by atoms with Gasteiger partial charge in [-0.25, -0.2) is 4.79 Å².